The first-order valence-corrected chi connectivity index (χ1v) is 7.54. The summed E-state index contributed by atoms with van der Waals surface area (Å²) in [6.45, 7) is 7.17. The van der Waals surface area contributed by atoms with Crippen LogP contribution in [0, 0.1) is 12.7 Å². The Bertz CT molecular complexity index is 582. The summed E-state index contributed by atoms with van der Waals surface area (Å²) in [5, 5.41) is 4.28. The van der Waals surface area contributed by atoms with Gasteiger partial charge in [-0.05, 0) is 38.6 Å². The first-order valence-electron chi connectivity index (χ1n) is 6.73. The predicted octanol–water partition coefficient (Wildman–Crippen LogP) is 4.03. The van der Waals surface area contributed by atoms with Crippen LogP contribution in [-0.2, 0) is 0 Å². The Labute approximate surface area is 123 Å². The molecular weight excluding hydrogens is 273 g/mol. The molecular formula is C15H20FN3S. The standard InChI is InChI=1S/C15H20FN3S/c1-5-17-10(2)14-11(3)18-15(20-14)19(4)13-8-6-7-12(16)9-13/h6-10,17H,5H2,1-4H3. The van der Waals surface area contributed by atoms with E-state index in [4.69, 9.17) is 0 Å². The minimum Gasteiger partial charge on any atom is -0.321 e. The first kappa shape index (κ1) is 14.9. The molecule has 2 rings (SSSR count). The Hall–Kier alpha value is -1.46. The molecule has 0 bridgehead atoms. The maximum Gasteiger partial charge on any atom is 0.190 e. The molecule has 1 aromatic heterocycles. The van der Waals surface area contributed by atoms with E-state index in [1.54, 1.807) is 17.4 Å². The minimum atomic E-state index is -0.233. The van der Waals surface area contributed by atoms with Crippen molar-refractivity contribution < 1.29 is 4.39 Å². The number of hydrogen-bond acceptors (Lipinski definition) is 4. The van der Waals surface area contributed by atoms with Gasteiger partial charge in [-0.1, -0.05) is 24.3 Å². The Morgan fingerprint density at radius 1 is 1.45 bits per heavy atom. The Morgan fingerprint density at radius 2 is 2.20 bits per heavy atom. The van der Waals surface area contributed by atoms with Crippen LogP contribution in [0.2, 0.25) is 0 Å². The van der Waals surface area contributed by atoms with Crippen LogP contribution in [0.1, 0.15) is 30.5 Å². The van der Waals surface area contributed by atoms with Crippen LogP contribution in [0.3, 0.4) is 0 Å². The van der Waals surface area contributed by atoms with Gasteiger partial charge in [0.15, 0.2) is 5.13 Å². The number of aryl methyl sites for hydroxylation is 1. The van der Waals surface area contributed by atoms with Crippen molar-refractivity contribution in [2.24, 2.45) is 0 Å². The zero-order valence-electron chi connectivity index (χ0n) is 12.3. The van der Waals surface area contributed by atoms with Crippen LogP contribution in [0.25, 0.3) is 0 Å². The van der Waals surface area contributed by atoms with Crippen LogP contribution in [0.5, 0.6) is 0 Å². The van der Waals surface area contributed by atoms with E-state index < -0.39 is 0 Å². The van der Waals surface area contributed by atoms with Gasteiger partial charge >= 0.3 is 0 Å². The highest BCUT2D eigenvalue weighted by Gasteiger charge is 2.16. The largest absolute Gasteiger partial charge is 0.321 e. The minimum absolute atomic E-state index is 0.233. The number of benzene rings is 1. The van der Waals surface area contributed by atoms with Crippen LogP contribution >= 0.6 is 11.3 Å². The predicted molar refractivity (Wildman–Crippen MR) is 83.4 cm³/mol. The third kappa shape index (κ3) is 3.16. The normalized spacial score (nSPS) is 12.4. The summed E-state index contributed by atoms with van der Waals surface area (Å²) in [6, 6.07) is 6.84. The summed E-state index contributed by atoms with van der Waals surface area (Å²) < 4.78 is 13.3. The third-order valence-electron chi connectivity index (χ3n) is 3.21. The molecule has 20 heavy (non-hydrogen) atoms. The number of thiazole rings is 1. The van der Waals surface area contributed by atoms with Crippen molar-refractivity contribution in [1.29, 1.82) is 0 Å². The van der Waals surface area contributed by atoms with Gasteiger partial charge in [-0.25, -0.2) is 9.37 Å². The molecule has 0 radical (unpaired) electrons. The van der Waals surface area contributed by atoms with Crippen molar-refractivity contribution in [2.45, 2.75) is 26.8 Å². The average molecular weight is 293 g/mol. The van der Waals surface area contributed by atoms with Crippen LogP contribution < -0.4 is 10.2 Å². The molecule has 3 nitrogen and oxygen atoms in total. The number of nitrogens with one attached hydrogen (secondary N) is 1. The summed E-state index contributed by atoms with van der Waals surface area (Å²) in [7, 11) is 1.91. The lowest BCUT2D eigenvalue weighted by molar-refractivity contribution is 0.603. The molecule has 0 aliphatic heterocycles. The van der Waals surface area contributed by atoms with Gasteiger partial charge in [0.2, 0.25) is 0 Å². The Balaban J connectivity index is 2.27. The fourth-order valence-electron chi connectivity index (χ4n) is 2.13. The summed E-state index contributed by atoms with van der Waals surface area (Å²) in [6.07, 6.45) is 0. The van der Waals surface area contributed by atoms with Crippen molar-refractivity contribution in [3.63, 3.8) is 0 Å². The van der Waals surface area contributed by atoms with E-state index in [0.717, 1.165) is 23.1 Å². The van der Waals surface area contributed by atoms with Gasteiger partial charge in [-0.15, -0.1) is 0 Å². The molecule has 0 aliphatic rings. The number of hydrogen-bond donors (Lipinski definition) is 1. The topological polar surface area (TPSA) is 28.2 Å². The molecule has 1 aromatic carbocycles. The van der Waals surface area contributed by atoms with Gasteiger partial charge in [0.05, 0.1) is 5.69 Å². The first-order chi connectivity index (χ1) is 9.52. The Kier molecular flexibility index (Phi) is 4.73. The fraction of sp³-hybridized carbons (Fsp3) is 0.400. The second-order valence-corrected chi connectivity index (χ2v) is 5.77. The highest BCUT2D eigenvalue weighted by atomic mass is 32.1. The highest BCUT2D eigenvalue weighted by molar-refractivity contribution is 7.15. The second kappa shape index (κ2) is 6.33. The molecule has 0 fully saturated rings. The zero-order valence-corrected chi connectivity index (χ0v) is 13.1. The molecule has 0 saturated carbocycles. The highest BCUT2D eigenvalue weighted by Crippen LogP contribution is 2.33. The van der Waals surface area contributed by atoms with Gasteiger partial charge < -0.3 is 10.2 Å². The van der Waals surface area contributed by atoms with Crippen molar-refractivity contribution in [3.05, 3.63) is 40.7 Å². The van der Waals surface area contributed by atoms with E-state index in [1.807, 2.05) is 24.9 Å². The molecule has 2 aromatic rings. The summed E-state index contributed by atoms with van der Waals surface area (Å²) in [4.78, 5) is 7.75. The van der Waals surface area contributed by atoms with E-state index in [2.05, 4.69) is 24.1 Å². The van der Waals surface area contributed by atoms with Crippen molar-refractivity contribution >= 4 is 22.2 Å². The second-order valence-electron chi connectivity index (χ2n) is 4.76. The van der Waals surface area contributed by atoms with Gasteiger partial charge in [-0.2, -0.15) is 0 Å². The van der Waals surface area contributed by atoms with E-state index in [1.165, 1.54) is 17.0 Å². The molecule has 0 saturated heterocycles. The monoisotopic (exact) mass is 293 g/mol. The number of halogens is 1. The van der Waals surface area contributed by atoms with Gasteiger partial charge in [0.1, 0.15) is 5.82 Å². The maximum absolute atomic E-state index is 13.3. The van der Waals surface area contributed by atoms with Crippen molar-refractivity contribution in [2.75, 3.05) is 18.5 Å². The molecule has 1 N–H and O–H groups in total. The molecule has 0 amide bonds. The van der Waals surface area contributed by atoms with E-state index in [9.17, 15) is 4.39 Å². The van der Waals surface area contributed by atoms with Crippen molar-refractivity contribution in [3.8, 4) is 0 Å². The zero-order chi connectivity index (χ0) is 14.7. The van der Waals surface area contributed by atoms with Crippen LogP contribution in [0.15, 0.2) is 24.3 Å². The smallest absolute Gasteiger partial charge is 0.190 e. The quantitative estimate of drug-likeness (QED) is 0.902. The molecule has 0 spiro atoms. The molecule has 1 atom stereocenters. The number of aromatic nitrogens is 1. The van der Waals surface area contributed by atoms with Gasteiger partial charge in [0, 0.05) is 23.7 Å². The summed E-state index contributed by atoms with van der Waals surface area (Å²) in [5.41, 5.74) is 1.84. The molecule has 5 heteroatoms. The summed E-state index contributed by atoms with van der Waals surface area (Å²) >= 11 is 1.65. The molecule has 1 unspecified atom stereocenters. The molecule has 1 heterocycles. The lowest BCUT2D eigenvalue weighted by atomic mass is 10.2. The Morgan fingerprint density at radius 3 is 2.85 bits per heavy atom. The van der Waals surface area contributed by atoms with Crippen LogP contribution in [0.4, 0.5) is 15.2 Å². The summed E-state index contributed by atoms with van der Waals surface area (Å²) in [5.74, 6) is -0.233. The number of nitrogens with zero attached hydrogens (tertiary/aromatic N) is 2. The lowest BCUT2D eigenvalue weighted by Crippen LogP contribution is -2.17. The van der Waals surface area contributed by atoms with E-state index in [-0.39, 0.29) is 11.9 Å². The van der Waals surface area contributed by atoms with E-state index >= 15 is 0 Å². The van der Waals surface area contributed by atoms with Gasteiger partial charge in [-0.3, -0.25) is 0 Å². The average Bonchev–Trinajstić information content (AvgIpc) is 2.80. The maximum atomic E-state index is 13.3. The van der Waals surface area contributed by atoms with Gasteiger partial charge in [0.25, 0.3) is 0 Å². The molecule has 0 aliphatic carbocycles. The molecule has 108 valence electrons. The number of rotatable bonds is 5. The fourth-order valence-corrected chi connectivity index (χ4v) is 3.21. The lowest BCUT2D eigenvalue weighted by Gasteiger charge is -2.15. The SMILES string of the molecule is CCNC(C)c1sc(N(C)c2cccc(F)c2)nc1C. The van der Waals surface area contributed by atoms with Crippen molar-refractivity contribution in [1.82, 2.24) is 10.3 Å². The number of anilines is 2. The van der Waals surface area contributed by atoms with E-state index in [0.29, 0.717) is 0 Å². The third-order valence-corrected chi connectivity index (χ3v) is 4.62. The van der Waals surface area contributed by atoms with Crippen LogP contribution in [-0.4, -0.2) is 18.6 Å².